The van der Waals surface area contributed by atoms with Gasteiger partial charge in [-0.3, -0.25) is 9.78 Å². The molecule has 1 heterocycles. The maximum Gasteiger partial charge on any atom is 0.226 e. The van der Waals surface area contributed by atoms with Crippen molar-refractivity contribution in [1.82, 2.24) is 9.88 Å². The standard InChI is InChI=1S/C13H18N2O/c1-3-15(13(16)12-8-10(12)2)9-11-4-6-14-7-5-11/h4-7,10,12H,3,8-9H2,1-2H3. The van der Waals surface area contributed by atoms with Crippen molar-refractivity contribution in [3.05, 3.63) is 30.1 Å². The zero-order valence-electron chi connectivity index (χ0n) is 9.89. The van der Waals surface area contributed by atoms with Crippen LogP contribution in [0.15, 0.2) is 24.5 Å². The minimum absolute atomic E-state index is 0.279. The molecule has 2 atom stereocenters. The fraction of sp³-hybridized carbons (Fsp3) is 0.538. The number of carbonyl (C=O) groups is 1. The van der Waals surface area contributed by atoms with Gasteiger partial charge in [-0.25, -0.2) is 0 Å². The van der Waals surface area contributed by atoms with E-state index < -0.39 is 0 Å². The minimum Gasteiger partial charge on any atom is -0.338 e. The summed E-state index contributed by atoms with van der Waals surface area (Å²) >= 11 is 0. The molecule has 0 radical (unpaired) electrons. The Bertz CT molecular complexity index is 363. The third kappa shape index (κ3) is 2.40. The summed E-state index contributed by atoms with van der Waals surface area (Å²) in [6, 6.07) is 3.93. The fourth-order valence-corrected chi connectivity index (χ4v) is 1.95. The normalized spacial score (nSPS) is 22.9. The van der Waals surface area contributed by atoms with Crippen LogP contribution in [-0.2, 0) is 11.3 Å². The van der Waals surface area contributed by atoms with Crippen molar-refractivity contribution in [1.29, 1.82) is 0 Å². The van der Waals surface area contributed by atoms with Crippen molar-refractivity contribution < 1.29 is 4.79 Å². The SMILES string of the molecule is CCN(Cc1ccncc1)C(=O)C1CC1C. The van der Waals surface area contributed by atoms with Crippen LogP contribution >= 0.6 is 0 Å². The number of rotatable bonds is 4. The van der Waals surface area contributed by atoms with Gasteiger partial charge < -0.3 is 4.90 Å². The number of hydrogen-bond acceptors (Lipinski definition) is 2. The molecule has 1 saturated carbocycles. The summed E-state index contributed by atoms with van der Waals surface area (Å²) in [4.78, 5) is 18.0. The van der Waals surface area contributed by atoms with Crippen LogP contribution < -0.4 is 0 Å². The lowest BCUT2D eigenvalue weighted by molar-refractivity contribution is -0.133. The molecule has 16 heavy (non-hydrogen) atoms. The highest BCUT2D eigenvalue weighted by Gasteiger charge is 2.41. The van der Waals surface area contributed by atoms with Gasteiger partial charge in [-0.05, 0) is 37.0 Å². The number of carbonyl (C=O) groups excluding carboxylic acids is 1. The Morgan fingerprint density at radius 2 is 2.12 bits per heavy atom. The molecule has 0 bridgehead atoms. The molecular weight excluding hydrogens is 200 g/mol. The van der Waals surface area contributed by atoms with Crippen LogP contribution in [0.3, 0.4) is 0 Å². The first kappa shape index (κ1) is 11.1. The van der Waals surface area contributed by atoms with E-state index in [1.807, 2.05) is 24.0 Å². The summed E-state index contributed by atoms with van der Waals surface area (Å²) in [5, 5.41) is 0. The van der Waals surface area contributed by atoms with Gasteiger partial charge in [0.1, 0.15) is 0 Å². The van der Waals surface area contributed by atoms with Crippen LogP contribution in [0.5, 0.6) is 0 Å². The summed E-state index contributed by atoms with van der Waals surface area (Å²) in [5.41, 5.74) is 1.15. The molecule has 1 aliphatic carbocycles. The van der Waals surface area contributed by atoms with Crippen molar-refractivity contribution in [2.45, 2.75) is 26.8 Å². The lowest BCUT2D eigenvalue weighted by atomic mass is 10.2. The average Bonchev–Trinajstić information content (AvgIpc) is 3.04. The van der Waals surface area contributed by atoms with E-state index in [2.05, 4.69) is 11.9 Å². The molecule has 0 saturated heterocycles. The lowest BCUT2D eigenvalue weighted by Gasteiger charge is -2.21. The molecule has 0 aromatic carbocycles. The summed E-state index contributed by atoms with van der Waals surface area (Å²) in [5.74, 6) is 1.17. The molecule has 1 aliphatic rings. The highest BCUT2D eigenvalue weighted by Crippen LogP contribution is 2.39. The molecule has 3 nitrogen and oxygen atoms in total. The van der Waals surface area contributed by atoms with Crippen molar-refractivity contribution >= 4 is 5.91 Å². The van der Waals surface area contributed by atoms with Crippen LogP contribution in [0.4, 0.5) is 0 Å². The van der Waals surface area contributed by atoms with E-state index in [0.717, 1.165) is 18.5 Å². The Morgan fingerprint density at radius 1 is 1.50 bits per heavy atom. The van der Waals surface area contributed by atoms with Gasteiger partial charge in [0.2, 0.25) is 5.91 Å². The third-order valence-electron chi connectivity index (χ3n) is 3.24. The van der Waals surface area contributed by atoms with Crippen LogP contribution in [0.2, 0.25) is 0 Å². The molecule has 1 aromatic rings. The van der Waals surface area contributed by atoms with Gasteiger partial charge >= 0.3 is 0 Å². The van der Waals surface area contributed by atoms with Crippen molar-refractivity contribution in [2.24, 2.45) is 11.8 Å². The van der Waals surface area contributed by atoms with E-state index in [0.29, 0.717) is 18.4 Å². The molecule has 0 aliphatic heterocycles. The van der Waals surface area contributed by atoms with Crippen LogP contribution in [0.1, 0.15) is 25.8 Å². The lowest BCUT2D eigenvalue weighted by Crippen LogP contribution is -2.31. The first-order valence-corrected chi connectivity index (χ1v) is 5.90. The first-order chi connectivity index (χ1) is 7.72. The first-order valence-electron chi connectivity index (χ1n) is 5.90. The van der Waals surface area contributed by atoms with Gasteiger partial charge in [-0.15, -0.1) is 0 Å². The number of hydrogen-bond donors (Lipinski definition) is 0. The van der Waals surface area contributed by atoms with Gasteiger partial charge in [0.25, 0.3) is 0 Å². The molecule has 2 rings (SSSR count). The van der Waals surface area contributed by atoms with Gasteiger partial charge in [0.05, 0.1) is 0 Å². The quantitative estimate of drug-likeness (QED) is 0.775. The second-order valence-corrected chi connectivity index (χ2v) is 4.53. The van der Waals surface area contributed by atoms with Gasteiger partial charge in [-0.1, -0.05) is 6.92 Å². The highest BCUT2D eigenvalue weighted by atomic mass is 16.2. The number of pyridine rings is 1. The molecule has 0 spiro atoms. The topological polar surface area (TPSA) is 33.2 Å². The zero-order chi connectivity index (χ0) is 11.5. The van der Waals surface area contributed by atoms with Gasteiger partial charge in [-0.2, -0.15) is 0 Å². The van der Waals surface area contributed by atoms with Crippen LogP contribution in [-0.4, -0.2) is 22.3 Å². The number of aromatic nitrogens is 1. The van der Waals surface area contributed by atoms with Crippen molar-refractivity contribution in [3.8, 4) is 0 Å². The molecule has 86 valence electrons. The predicted molar refractivity (Wildman–Crippen MR) is 62.6 cm³/mol. The smallest absolute Gasteiger partial charge is 0.226 e. The minimum atomic E-state index is 0.279. The van der Waals surface area contributed by atoms with E-state index in [-0.39, 0.29) is 5.92 Å². The van der Waals surface area contributed by atoms with E-state index >= 15 is 0 Å². The molecule has 0 N–H and O–H groups in total. The maximum atomic E-state index is 12.1. The van der Waals surface area contributed by atoms with Crippen LogP contribution in [0.25, 0.3) is 0 Å². The summed E-state index contributed by atoms with van der Waals surface area (Å²) < 4.78 is 0. The predicted octanol–water partition coefficient (Wildman–Crippen LogP) is 2.09. The Hall–Kier alpha value is -1.38. The Kier molecular flexibility index (Phi) is 3.22. The molecule has 2 unspecified atom stereocenters. The number of amides is 1. The van der Waals surface area contributed by atoms with E-state index in [1.165, 1.54) is 0 Å². The monoisotopic (exact) mass is 218 g/mol. The summed E-state index contributed by atoms with van der Waals surface area (Å²) in [6.45, 7) is 5.67. The van der Waals surface area contributed by atoms with Crippen LogP contribution in [0, 0.1) is 11.8 Å². The average molecular weight is 218 g/mol. The molecule has 1 fully saturated rings. The summed E-state index contributed by atoms with van der Waals surface area (Å²) in [6.07, 6.45) is 4.60. The highest BCUT2D eigenvalue weighted by molar-refractivity contribution is 5.81. The van der Waals surface area contributed by atoms with Crippen molar-refractivity contribution in [3.63, 3.8) is 0 Å². The second kappa shape index (κ2) is 4.64. The number of nitrogens with zero attached hydrogens (tertiary/aromatic N) is 2. The van der Waals surface area contributed by atoms with Gasteiger partial charge in [0, 0.05) is 31.4 Å². The largest absolute Gasteiger partial charge is 0.338 e. The summed E-state index contributed by atoms with van der Waals surface area (Å²) in [7, 11) is 0. The molecule has 3 heteroatoms. The Morgan fingerprint density at radius 3 is 2.62 bits per heavy atom. The van der Waals surface area contributed by atoms with Crippen molar-refractivity contribution in [2.75, 3.05) is 6.54 Å². The molecular formula is C13H18N2O. The molecule has 1 amide bonds. The fourth-order valence-electron chi connectivity index (χ4n) is 1.95. The van der Waals surface area contributed by atoms with Gasteiger partial charge in [0.15, 0.2) is 0 Å². The van der Waals surface area contributed by atoms with E-state index in [9.17, 15) is 4.79 Å². The maximum absolute atomic E-state index is 12.1. The molecule has 1 aromatic heterocycles. The Balaban J connectivity index is 1.98. The zero-order valence-corrected chi connectivity index (χ0v) is 9.89. The van der Waals surface area contributed by atoms with E-state index in [4.69, 9.17) is 0 Å². The second-order valence-electron chi connectivity index (χ2n) is 4.53. The third-order valence-corrected chi connectivity index (χ3v) is 3.24. The Labute approximate surface area is 96.5 Å². The van der Waals surface area contributed by atoms with E-state index in [1.54, 1.807) is 12.4 Å².